The van der Waals surface area contributed by atoms with Crippen LogP contribution >= 0.6 is 0 Å². The normalized spacial score (nSPS) is 10.7. The predicted octanol–water partition coefficient (Wildman–Crippen LogP) is 3.40. The Morgan fingerprint density at radius 2 is 1.85 bits per heavy atom. The van der Waals surface area contributed by atoms with E-state index in [1.165, 1.54) is 6.21 Å². The van der Waals surface area contributed by atoms with E-state index in [4.69, 9.17) is 4.74 Å². The number of ether oxygens (including phenoxy) is 1. The second-order valence-corrected chi connectivity index (χ2v) is 5.57. The van der Waals surface area contributed by atoms with Crippen molar-refractivity contribution >= 4 is 17.8 Å². The molecule has 0 radical (unpaired) electrons. The molecule has 0 aromatic heterocycles. The van der Waals surface area contributed by atoms with Crippen LogP contribution < -0.4 is 15.1 Å². The van der Waals surface area contributed by atoms with Gasteiger partial charge in [0.05, 0.1) is 12.8 Å². The van der Waals surface area contributed by atoms with Crippen molar-refractivity contribution in [3.05, 3.63) is 53.6 Å². The second-order valence-electron chi connectivity index (χ2n) is 5.57. The van der Waals surface area contributed by atoms with Crippen LogP contribution in [0.25, 0.3) is 0 Å². The van der Waals surface area contributed by atoms with Crippen LogP contribution in [0.3, 0.4) is 0 Å². The molecule has 0 fully saturated rings. The number of hydrogen-bond acceptors (Lipinski definition) is 5. The zero-order chi connectivity index (χ0) is 18.9. The molecular formula is C20H25N3O3. The van der Waals surface area contributed by atoms with Crippen LogP contribution in [0, 0.1) is 0 Å². The fraction of sp³-hybridized carbons (Fsp3) is 0.300. The van der Waals surface area contributed by atoms with Gasteiger partial charge in [-0.2, -0.15) is 5.10 Å². The predicted molar refractivity (Wildman–Crippen MR) is 104 cm³/mol. The summed E-state index contributed by atoms with van der Waals surface area (Å²) in [6, 6.07) is 12.2. The molecule has 138 valence electrons. The molecule has 0 aliphatic rings. The molecule has 0 heterocycles. The van der Waals surface area contributed by atoms with Crippen LogP contribution in [0.5, 0.6) is 11.5 Å². The fourth-order valence-electron chi connectivity index (χ4n) is 2.52. The number of amides is 1. The third-order valence-electron chi connectivity index (χ3n) is 3.94. The molecule has 6 heteroatoms. The zero-order valence-corrected chi connectivity index (χ0v) is 15.4. The number of rotatable bonds is 8. The molecule has 0 unspecified atom stereocenters. The van der Waals surface area contributed by atoms with Gasteiger partial charge < -0.3 is 14.7 Å². The van der Waals surface area contributed by atoms with Crippen LogP contribution in [0.2, 0.25) is 0 Å². The number of phenolic OH excluding ortho intramolecular Hbond substituents is 1. The first kappa shape index (κ1) is 19.3. The van der Waals surface area contributed by atoms with Crippen molar-refractivity contribution in [2.45, 2.75) is 20.8 Å². The highest BCUT2D eigenvalue weighted by molar-refractivity contribution is 5.95. The van der Waals surface area contributed by atoms with Crippen molar-refractivity contribution in [3.8, 4) is 11.5 Å². The largest absolute Gasteiger partial charge is 0.507 e. The lowest BCUT2D eigenvalue weighted by molar-refractivity contribution is 0.0955. The number of aromatic hydroxyl groups is 1. The Morgan fingerprint density at radius 3 is 2.42 bits per heavy atom. The lowest BCUT2D eigenvalue weighted by Crippen LogP contribution is -2.21. The summed E-state index contributed by atoms with van der Waals surface area (Å²) in [6.07, 6.45) is 1.42. The molecule has 2 rings (SSSR count). The van der Waals surface area contributed by atoms with Gasteiger partial charge in [0, 0.05) is 36.0 Å². The van der Waals surface area contributed by atoms with E-state index in [9.17, 15) is 9.90 Å². The molecule has 2 N–H and O–H groups in total. The van der Waals surface area contributed by atoms with E-state index < -0.39 is 0 Å². The molecule has 0 spiro atoms. The summed E-state index contributed by atoms with van der Waals surface area (Å²) < 4.78 is 5.34. The maximum absolute atomic E-state index is 12.1. The Morgan fingerprint density at radius 1 is 1.15 bits per heavy atom. The summed E-state index contributed by atoms with van der Waals surface area (Å²) in [4.78, 5) is 14.2. The monoisotopic (exact) mass is 355 g/mol. The molecule has 0 saturated carbocycles. The van der Waals surface area contributed by atoms with Crippen molar-refractivity contribution in [2.75, 3.05) is 24.6 Å². The lowest BCUT2D eigenvalue weighted by Gasteiger charge is -2.21. The number of carbonyl (C=O) groups excluding carboxylic acids is 1. The number of carbonyl (C=O) groups is 1. The van der Waals surface area contributed by atoms with E-state index >= 15 is 0 Å². The van der Waals surface area contributed by atoms with E-state index in [-0.39, 0.29) is 11.7 Å². The van der Waals surface area contributed by atoms with Gasteiger partial charge in [0.25, 0.3) is 5.91 Å². The minimum absolute atomic E-state index is 0.119. The zero-order valence-electron chi connectivity index (χ0n) is 15.4. The summed E-state index contributed by atoms with van der Waals surface area (Å²) in [7, 11) is 0. The highest BCUT2D eigenvalue weighted by atomic mass is 16.5. The third kappa shape index (κ3) is 4.99. The number of nitrogens with one attached hydrogen (secondary N) is 1. The Kier molecular flexibility index (Phi) is 7.02. The smallest absolute Gasteiger partial charge is 0.271 e. The van der Waals surface area contributed by atoms with Crippen molar-refractivity contribution < 1.29 is 14.6 Å². The lowest BCUT2D eigenvalue weighted by atomic mass is 10.2. The molecule has 2 aromatic carbocycles. The molecular weight excluding hydrogens is 330 g/mol. The molecule has 0 saturated heterocycles. The third-order valence-corrected chi connectivity index (χ3v) is 3.94. The van der Waals surface area contributed by atoms with Crippen LogP contribution in [0.4, 0.5) is 5.69 Å². The first-order chi connectivity index (χ1) is 12.6. The number of nitrogens with zero attached hydrogens (tertiary/aromatic N) is 2. The van der Waals surface area contributed by atoms with Crippen LogP contribution in [0.1, 0.15) is 36.7 Å². The van der Waals surface area contributed by atoms with Gasteiger partial charge >= 0.3 is 0 Å². The van der Waals surface area contributed by atoms with E-state index in [2.05, 4.69) is 29.3 Å². The van der Waals surface area contributed by atoms with Gasteiger partial charge in [0.2, 0.25) is 0 Å². The molecule has 0 atom stereocenters. The van der Waals surface area contributed by atoms with Crippen molar-refractivity contribution in [1.82, 2.24) is 5.43 Å². The Balaban J connectivity index is 2.00. The number of phenols is 1. The van der Waals surface area contributed by atoms with Gasteiger partial charge in [-0.1, -0.05) is 0 Å². The number of hydrazone groups is 1. The first-order valence-electron chi connectivity index (χ1n) is 8.73. The number of hydrogen-bond donors (Lipinski definition) is 2. The summed E-state index contributed by atoms with van der Waals surface area (Å²) >= 11 is 0. The minimum atomic E-state index is -0.330. The van der Waals surface area contributed by atoms with E-state index in [0.29, 0.717) is 23.5 Å². The standard InChI is InChI=1S/C20H25N3O3/c1-4-23(5-2)17-10-7-16(19(24)13-17)14-21-22-20(25)15-8-11-18(12-9-15)26-6-3/h7-14,24H,4-6H2,1-3H3,(H,22,25). The molecule has 6 nitrogen and oxygen atoms in total. The van der Waals surface area contributed by atoms with Gasteiger partial charge in [0.15, 0.2) is 0 Å². The SMILES string of the molecule is CCOc1ccc(C(=O)NN=Cc2ccc(N(CC)CC)cc2O)cc1. The Labute approximate surface area is 154 Å². The molecule has 26 heavy (non-hydrogen) atoms. The average molecular weight is 355 g/mol. The van der Waals surface area contributed by atoms with Crippen molar-refractivity contribution in [2.24, 2.45) is 5.10 Å². The Hall–Kier alpha value is -3.02. The molecule has 0 bridgehead atoms. The maximum Gasteiger partial charge on any atom is 0.271 e. The van der Waals surface area contributed by atoms with E-state index in [1.807, 2.05) is 13.0 Å². The highest BCUT2D eigenvalue weighted by Crippen LogP contribution is 2.23. The van der Waals surface area contributed by atoms with E-state index in [1.54, 1.807) is 36.4 Å². The second kappa shape index (κ2) is 9.46. The Bertz CT molecular complexity index is 753. The van der Waals surface area contributed by atoms with Crippen LogP contribution in [-0.4, -0.2) is 36.9 Å². The maximum atomic E-state index is 12.1. The first-order valence-corrected chi connectivity index (χ1v) is 8.73. The highest BCUT2D eigenvalue weighted by Gasteiger charge is 2.07. The van der Waals surface area contributed by atoms with Crippen LogP contribution in [-0.2, 0) is 0 Å². The molecule has 0 aliphatic carbocycles. The van der Waals surface area contributed by atoms with Gasteiger partial charge in [-0.3, -0.25) is 4.79 Å². The fourth-order valence-corrected chi connectivity index (χ4v) is 2.52. The summed E-state index contributed by atoms with van der Waals surface area (Å²) in [5.74, 6) is 0.503. The minimum Gasteiger partial charge on any atom is -0.507 e. The molecule has 1 amide bonds. The van der Waals surface area contributed by atoms with Crippen molar-refractivity contribution in [3.63, 3.8) is 0 Å². The van der Waals surface area contributed by atoms with Gasteiger partial charge in [-0.25, -0.2) is 5.43 Å². The molecule has 0 aliphatic heterocycles. The summed E-state index contributed by atoms with van der Waals surface area (Å²) in [5.41, 5.74) is 4.41. The van der Waals surface area contributed by atoms with Crippen molar-refractivity contribution in [1.29, 1.82) is 0 Å². The van der Waals surface area contributed by atoms with Crippen LogP contribution in [0.15, 0.2) is 47.6 Å². The quantitative estimate of drug-likeness (QED) is 0.562. The number of benzene rings is 2. The topological polar surface area (TPSA) is 74.2 Å². The average Bonchev–Trinajstić information content (AvgIpc) is 2.65. The van der Waals surface area contributed by atoms with Gasteiger partial charge in [-0.05, 0) is 57.2 Å². The van der Waals surface area contributed by atoms with Gasteiger partial charge in [-0.15, -0.1) is 0 Å². The van der Waals surface area contributed by atoms with Gasteiger partial charge in [0.1, 0.15) is 11.5 Å². The van der Waals surface area contributed by atoms with E-state index in [0.717, 1.165) is 18.8 Å². The summed E-state index contributed by atoms with van der Waals surface area (Å²) in [6.45, 7) is 8.33. The number of anilines is 1. The summed E-state index contributed by atoms with van der Waals surface area (Å²) in [5, 5.41) is 14.1. The molecule has 2 aromatic rings.